The molecule has 0 amide bonds. The number of hydrogen-bond donors (Lipinski definition) is 1. The molecule has 1 saturated heterocycles. The van der Waals surface area contributed by atoms with Gasteiger partial charge in [-0.05, 0) is 31.8 Å². The second kappa shape index (κ2) is 6.31. The van der Waals surface area contributed by atoms with Crippen LogP contribution in [0.15, 0.2) is 0 Å². The zero-order chi connectivity index (χ0) is 12.1. The van der Waals surface area contributed by atoms with Gasteiger partial charge in [-0.3, -0.25) is 4.90 Å². The molecule has 4 nitrogen and oxygen atoms in total. The highest BCUT2D eigenvalue weighted by Gasteiger charge is 2.19. The van der Waals surface area contributed by atoms with Crippen molar-refractivity contribution >= 4 is 16.5 Å². The molecule has 0 atom stereocenters. The first-order valence-corrected chi connectivity index (χ1v) is 7.36. The Morgan fingerprint density at radius 3 is 2.71 bits per heavy atom. The Morgan fingerprint density at radius 2 is 2.12 bits per heavy atom. The van der Waals surface area contributed by atoms with E-state index < -0.39 is 0 Å². The Kier molecular flexibility index (Phi) is 4.74. The van der Waals surface area contributed by atoms with Crippen LogP contribution in [0.1, 0.15) is 37.6 Å². The van der Waals surface area contributed by atoms with Crippen LogP contribution in [0.4, 0.5) is 5.13 Å². The van der Waals surface area contributed by atoms with Crippen molar-refractivity contribution in [3.05, 3.63) is 5.01 Å². The average Bonchev–Trinajstić information content (AvgIpc) is 2.80. The van der Waals surface area contributed by atoms with Crippen molar-refractivity contribution in [2.45, 2.75) is 39.2 Å². The third kappa shape index (κ3) is 3.64. The second-order valence-electron chi connectivity index (χ2n) is 4.76. The lowest BCUT2D eigenvalue weighted by Gasteiger charge is -2.31. The molecule has 0 bridgehead atoms. The Balaban J connectivity index is 1.77. The maximum Gasteiger partial charge on any atom is 0.205 e. The SMILES string of the molecule is CCCC1CCN(Cc2nnc(NC)s2)CC1. The first-order chi connectivity index (χ1) is 8.31. The summed E-state index contributed by atoms with van der Waals surface area (Å²) in [5, 5.41) is 13.4. The summed E-state index contributed by atoms with van der Waals surface area (Å²) < 4.78 is 0. The van der Waals surface area contributed by atoms with Gasteiger partial charge >= 0.3 is 0 Å². The van der Waals surface area contributed by atoms with Gasteiger partial charge in [-0.15, -0.1) is 10.2 Å². The monoisotopic (exact) mass is 254 g/mol. The molecule has 0 aliphatic carbocycles. The van der Waals surface area contributed by atoms with Crippen molar-refractivity contribution < 1.29 is 0 Å². The van der Waals surface area contributed by atoms with Gasteiger partial charge in [-0.1, -0.05) is 31.1 Å². The molecule has 0 saturated carbocycles. The van der Waals surface area contributed by atoms with Crippen molar-refractivity contribution in [3.8, 4) is 0 Å². The molecule has 2 heterocycles. The van der Waals surface area contributed by atoms with Gasteiger partial charge in [0.15, 0.2) is 0 Å². The number of nitrogens with one attached hydrogen (secondary N) is 1. The van der Waals surface area contributed by atoms with E-state index in [1.807, 2.05) is 7.05 Å². The standard InChI is InChI=1S/C12H22N4S/c1-3-4-10-5-7-16(8-6-10)9-11-14-15-12(13-2)17-11/h10H,3-9H2,1-2H3,(H,13,15). The summed E-state index contributed by atoms with van der Waals surface area (Å²) >= 11 is 1.66. The Labute approximate surface area is 107 Å². The van der Waals surface area contributed by atoms with E-state index in [0.717, 1.165) is 22.6 Å². The van der Waals surface area contributed by atoms with Crippen LogP contribution >= 0.6 is 11.3 Å². The minimum Gasteiger partial charge on any atom is -0.363 e. The van der Waals surface area contributed by atoms with E-state index in [9.17, 15) is 0 Å². The van der Waals surface area contributed by atoms with Crippen molar-refractivity contribution in [2.75, 3.05) is 25.5 Å². The molecule has 5 heteroatoms. The van der Waals surface area contributed by atoms with E-state index in [0.29, 0.717) is 0 Å². The van der Waals surface area contributed by atoms with Crippen molar-refractivity contribution in [2.24, 2.45) is 5.92 Å². The van der Waals surface area contributed by atoms with Crippen LogP contribution in [0.2, 0.25) is 0 Å². The third-order valence-corrected chi connectivity index (χ3v) is 4.37. The van der Waals surface area contributed by atoms with E-state index in [4.69, 9.17) is 0 Å². The molecule has 1 aromatic heterocycles. The second-order valence-corrected chi connectivity index (χ2v) is 5.82. The number of nitrogens with zero attached hydrogens (tertiary/aromatic N) is 3. The van der Waals surface area contributed by atoms with Crippen molar-refractivity contribution in [3.63, 3.8) is 0 Å². The lowest BCUT2D eigenvalue weighted by molar-refractivity contribution is 0.171. The molecular weight excluding hydrogens is 232 g/mol. The van der Waals surface area contributed by atoms with E-state index in [-0.39, 0.29) is 0 Å². The number of rotatable bonds is 5. The van der Waals surface area contributed by atoms with Gasteiger partial charge in [0.05, 0.1) is 6.54 Å². The first kappa shape index (κ1) is 12.8. The molecule has 1 aliphatic rings. The molecule has 17 heavy (non-hydrogen) atoms. The third-order valence-electron chi connectivity index (χ3n) is 3.44. The largest absolute Gasteiger partial charge is 0.363 e. The highest BCUT2D eigenvalue weighted by atomic mass is 32.1. The van der Waals surface area contributed by atoms with Gasteiger partial charge in [0.25, 0.3) is 0 Å². The average molecular weight is 254 g/mol. The minimum atomic E-state index is 0.917. The van der Waals surface area contributed by atoms with Gasteiger partial charge in [-0.25, -0.2) is 0 Å². The smallest absolute Gasteiger partial charge is 0.205 e. The Hall–Kier alpha value is -0.680. The fourth-order valence-corrected chi connectivity index (χ4v) is 3.19. The summed E-state index contributed by atoms with van der Waals surface area (Å²) in [6, 6.07) is 0. The normalized spacial score (nSPS) is 18.5. The molecule has 1 aromatic rings. The molecule has 2 rings (SSSR count). The van der Waals surface area contributed by atoms with Crippen molar-refractivity contribution in [1.82, 2.24) is 15.1 Å². The maximum atomic E-state index is 4.20. The number of aromatic nitrogens is 2. The highest BCUT2D eigenvalue weighted by Crippen LogP contribution is 2.24. The zero-order valence-electron chi connectivity index (χ0n) is 10.8. The Bertz CT molecular complexity index is 331. The number of hydrogen-bond acceptors (Lipinski definition) is 5. The summed E-state index contributed by atoms with van der Waals surface area (Å²) in [7, 11) is 1.89. The summed E-state index contributed by atoms with van der Waals surface area (Å²) in [6.45, 7) is 5.70. The molecule has 0 radical (unpaired) electrons. The summed E-state index contributed by atoms with van der Waals surface area (Å²) in [4.78, 5) is 2.51. The topological polar surface area (TPSA) is 41.1 Å². The number of likely N-dealkylation sites (tertiary alicyclic amines) is 1. The minimum absolute atomic E-state index is 0.917. The van der Waals surface area contributed by atoms with Crippen LogP contribution in [-0.4, -0.2) is 35.2 Å². The van der Waals surface area contributed by atoms with Gasteiger partial charge < -0.3 is 5.32 Å². The molecule has 1 N–H and O–H groups in total. The molecule has 1 aliphatic heterocycles. The maximum absolute atomic E-state index is 4.20. The zero-order valence-corrected chi connectivity index (χ0v) is 11.6. The highest BCUT2D eigenvalue weighted by molar-refractivity contribution is 7.15. The predicted molar refractivity (Wildman–Crippen MR) is 72.4 cm³/mol. The van der Waals surface area contributed by atoms with Crippen LogP contribution in [-0.2, 0) is 6.54 Å². The van der Waals surface area contributed by atoms with Crippen molar-refractivity contribution in [1.29, 1.82) is 0 Å². The van der Waals surface area contributed by atoms with Crippen LogP contribution in [0, 0.1) is 5.92 Å². The van der Waals surface area contributed by atoms with Gasteiger partial charge in [0.1, 0.15) is 5.01 Å². The van der Waals surface area contributed by atoms with Crippen LogP contribution in [0.3, 0.4) is 0 Å². The van der Waals surface area contributed by atoms with E-state index in [2.05, 4.69) is 27.3 Å². The van der Waals surface area contributed by atoms with Gasteiger partial charge in [-0.2, -0.15) is 0 Å². The number of anilines is 1. The molecule has 0 spiro atoms. The van der Waals surface area contributed by atoms with E-state index in [1.54, 1.807) is 11.3 Å². The van der Waals surface area contributed by atoms with Gasteiger partial charge in [0, 0.05) is 7.05 Å². The lowest BCUT2D eigenvalue weighted by Crippen LogP contribution is -2.33. The Morgan fingerprint density at radius 1 is 1.35 bits per heavy atom. The fraction of sp³-hybridized carbons (Fsp3) is 0.833. The summed E-state index contributed by atoms with van der Waals surface area (Å²) in [6.07, 6.45) is 5.43. The van der Waals surface area contributed by atoms with Crippen LogP contribution < -0.4 is 5.32 Å². The van der Waals surface area contributed by atoms with Gasteiger partial charge in [0.2, 0.25) is 5.13 Å². The molecule has 0 aromatic carbocycles. The van der Waals surface area contributed by atoms with Crippen LogP contribution in [0.25, 0.3) is 0 Å². The van der Waals surface area contributed by atoms with E-state index in [1.165, 1.54) is 38.8 Å². The van der Waals surface area contributed by atoms with Crippen LogP contribution in [0.5, 0.6) is 0 Å². The van der Waals surface area contributed by atoms with E-state index >= 15 is 0 Å². The molecule has 0 unspecified atom stereocenters. The fourth-order valence-electron chi connectivity index (χ4n) is 2.45. The predicted octanol–water partition coefficient (Wildman–Crippen LogP) is 2.59. The first-order valence-electron chi connectivity index (χ1n) is 6.54. The molecular formula is C12H22N4S. The number of piperidine rings is 1. The summed E-state index contributed by atoms with van der Waals surface area (Å²) in [5.41, 5.74) is 0. The molecule has 96 valence electrons. The molecule has 1 fully saturated rings. The quantitative estimate of drug-likeness (QED) is 0.877. The lowest BCUT2D eigenvalue weighted by atomic mass is 9.92. The summed E-state index contributed by atoms with van der Waals surface area (Å²) in [5.74, 6) is 0.957.